The van der Waals surface area contributed by atoms with Gasteiger partial charge in [-0.3, -0.25) is 14.4 Å². The SMILES string of the molecule is COC(=O)Cc1csc(NC(=O)[C@H](CC(C)C)NC(=O)Cc2ccc(NC(=O)Nc3ccccc3C)cc2)n1. The van der Waals surface area contributed by atoms with Crippen molar-refractivity contribution in [1.29, 1.82) is 0 Å². The van der Waals surface area contributed by atoms with E-state index in [4.69, 9.17) is 0 Å². The molecule has 0 radical (unpaired) electrons. The van der Waals surface area contributed by atoms with E-state index in [0.717, 1.165) is 16.8 Å². The van der Waals surface area contributed by atoms with E-state index >= 15 is 0 Å². The van der Waals surface area contributed by atoms with E-state index in [2.05, 4.69) is 31.0 Å². The van der Waals surface area contributed by atoms with Crippen molar-refractivity contribution in [2.24, 2.45) is 5.92 Å². The van der Waals surface area contributed by atoms with Crippen molar-refractivity contribution in [2.75, 3.05) is 23.1 Å². The number of nitrogens with one attached hydrogen (secondary N) is 4. The Hall–Kier alpha value is -4.25. The van der Waals surface area contributed by atoms with Gasteiger partial charge in [0.05, 0.1) is 25.6 Å². The molecule has 1 atom stereocenters. The van der Waals surface area contributed by atoms with Crippen molar-refractivity contribution >= 4 is 51.7 Å². The van der Waals surface area contributed by atoms with Crippen molar-refractivity contribution in [3.63, 3.8) is 0 Å². The van der Waals surface area contributed by atoms with E-state index in [-0.39, 0.29) is 36.6 Å². The van der Waals surface area contributed by atoms with Crippen LogP contribution in [0.5, 0.6) is 0 Å². The number of nitrogens with zero attached hydrogens (tertiary/aromatic N) is 1. The lowest BCUT2D eigenvalue weighted by atomic mass is 10.0. The summed E-state index contributed by atoms with van der Waals surface area (Å²) in [6, 6.07) is 13.3. The number of carbonyl (C=O) groups excluding carboxylic acids is 4. The van der Waals surface area contributed by atoms with Gasteiger partial charge in [-0.2, -0.15) is 0 Å². The Labute approximate surface area is 231 Å². The second kappa shape index (κ2) is 14.1. The largest absolute Gasteiger partial charge is 0.469 e. The third-order valence-corrected chi connectivity index (χ3v) is 6.47. The Kier molecular flexibility index (Phi) is 10.6. The van der Waals surface area contributed by atoms with Gasteiger partial charge in [0.25, 0.3) is 0 Å². The lowest BCUT2D eigenvalue weighted by Crippen LogP contribution is -2.45. The van der Waals surface area contributed by atoms with Crippen molar-refractivity contribution in [3.05, 3.63) is 70.7 Å². The van der Waals surface area contributed by atoms with Crippen LogP contribution in [0.1, 0.15) is 37.1 Å². The molecule has 1 heterocycles. The van der Waals surface area contributed by atoms with Crippen LogP contribution in [0.15, 0.2) is 53.9 Å². The maximum Gasteiger partial charge on any atom is 0.323 e. The van der Waals surface area contributed by atoms with E-state index in [1.54, 1.807) is 29.6 Å². The molecule has 11 heteroatoms. The van der Waals surface area contributed by atoms with Crippen LogP contribution in [0.2, 0.25) is 0 Å². The molecular formula is C28H33N5O5S. The normalized spacial score (nSPS) is 11.4. The zero-order valence-electron chi connectivity index (χ0n) is 22.4. The highest BCUT2D eigenvalue weighted by atomic mass is 32.1. The molecule has 4 amide bonds. The first-order chi connectivity index (χ1) is 18.6. The number of aromatic nitrogens is 1. The molecule has 10 nitrogen and oxygen atoms in total. The van der Waals surface area contributed by atoms with E-state index in [9.17, 15) is 19.2 Å². The molecular weight excluding hydrogens is 518 g/mol. The lowest BCUT2D eigenvalue weighted by molar-refractivity contribution is -0.139. The minimum atomic E-state index is -0.753. The Morgan fingerprint density at radius 3 is 2.33 bits per heavy atom. The van der Waals surface area contributed by atoms with Crippen LogP contribution in [0.25, 0.3) is 0 Å². The summed E-state index contributed by atoms with van der Waals surface area (Å²) in [7, 11) is 1.30. The fourth-order valence-corrected chi connectivity index (χ4v) is 4.41. The molecule has 2 aromatic carbocycles. The summed E-state index contributed by atoms with van der Waals surface area (Å²) in [5.74, 6) is -0.949. The molecule has 0 spiro atoms. The highest BCUT2D eigenvalue weighted by molar-refractivity contribution is 7.13. The molecule has 3 aromatic rings. The molecule has 0 fully saturated rings. The minimum absolute atomic E-state index is 0.0146. The number of urea groups is 1. The third-order valence-electron chi connectivity index (χ3n) is 5.66. The summed E-state index contributed by atoms with van der Waals surface area (Å²) in [5, 5.41) is 13.1. The molecule has 1 aromatic heterocycles. The number of ether oxygens (including phenoxy) is 1. The number of anilines is 3. The molecule has 0 aliphatic heterocycles. The fraction of sp³-hybridized carbons (Fsp3) is 0.321. The van der Waals surface area contributed by atoms with Gasteiger partial charge in [0.15, 0.2) is 5.13 Å². The maximum atomic E-state index is 12.9. The number of amides is 4. The van der Waals surface area contributed by atoms with Gasteiger partial charge in [0, 0.05) is 16.8 Å². The Morgan fingerprint density at radius 2 is 1.67 bits per heavy atom. The topological polar surface area (TPSA) is 139 Å². The quantitative estimate of drug-likeness (QED) is 0.259. The second-order valence-corrected chi connectivity index (χ2v) is 10.3. The molecule has 3 rings (SSSR count). The van der Waals surface area contributed by atoms with Gasteiger partial charge in [-0.1, -0.05) is 44.2 Å². The number of aryl methyl sites for hydroxylation is 1. The predicted octanol–water partition coefficient (Wildman–Crippen LogP) is 4.52. The summed E-state index contributed by atoms with van der Waals surface area (Å²) in [4.78, 5) is 53.7. The van der Waals surface area contributed by atoms with E-state index in [1.165, 1.54) is 18.4 Å². The van der Waals surface area contributed by atoms with Crippen LogP contribution in [-0.4, -0.2) is 42.0 Å². The first kappa shape index (κ1) is 29.3. The Morgan fingerprint density at radius 1 is 0.949 bits per heavy atom. The average Bonchev–Trinajstić information content (AvgIpc) is 3.32. The van der Waals surface area contributed by atoms with Crippen molar-refractivity contribution in [3.8, 4) is 0 Å². The van der Waals surface area contributed by atoms with Gasteiger partial charge >= 0.3 is 12.0 Å². The number of esters is 1. The molecule has 0 saturated carbocycles. The molecule has 39 heavy (non-hydrogen) atoms. The summed E-state index contributed by atoms with van der Waals surface area (Å²) in [6.45, 7) is 5.84. The van der Waals surface area contributed by atoms with Gasteiger partial charge in [0.2, 0.25) is 11.8 Å². The smallest absolute Gasteiger partial charge is 0.323 e. The number of hydrogen-bond donors (Lipinski definition) is 4. The molecule has 4 N–H and O–H groups in total. The fourth-order valence-electron chi connectivity index (χ4n) is 3.70. The number of hydrogen-bond acceptors (Lipinski definition) is 7. The molecule has 0 aliphatic carbocycles. The summed E-state index contributed by atoms with van der Waals surface area (Å²) >= 11 is 1.20. The van der Waals surface area contributed by atoms with E-state index < -0.39 is 12.0 Å². The average molecular weight is 552 g/mol. The number of para-hydroxylation sites is 1. The van der Waals surface area contributed by atoms with Crippen molar-refractivity contribution in [2.45, 2.75) is 46.1 Å². The van der Waals surface area contributed by atoms with Crippen molar-refractivity contribution < 1.29 is 23.9 Å². The number of rotatable bonds is 11. The summed E-state index contributed by atoms with van der Waals surface area (Å²) in [6.07, 6.45) is 0.523. The first-order valence-electron chi connectivity index (χ1n) is 12.5. The van der Waals surface area contributed by atoms with Crippen LogP contribution in [0.4, 0.5) is 21.3 Å². The van der Waals surface area contributed by atoms with Gasteiger partial charge < -0.3 is 26.0 Å². The predicted molar refractivity (Wildman–Crippen MR) is 152 cm³/mol. The van der Waals surface area contributed by atoms with Crippen LogP contribution in [-0.2, 0) is 32.0 Å². The maximum absolute atomic E-state index is 12.9. The van der Waals surface area contributed by atoms with E-state index in [0.29, 0.717) is 22.9 Å². The molecule has 0 saturated heterocycles. The highest BCUT2D eigenvalue weighted by Gasteiger charge is 2.23. The summed E-state index contributed by atoms with van der Waals surface area (Å²) < 4.78 is 4.64. The van der Waals surface area contributed by atoms with Gasteiger partial charge in [0.1, 0.15) is 6.04 Å². The van der Waals surface area contributed by atoms with Crippen LogP contribution in [0.3, 0.4) is 0 Å². The molecule has 206 valence electrons. The summed E-state index contributed by atoms with van der Waals surface area (Å²) in [5.41, 5.74) is 3.48. The van der Waals surface area contributed by atoms with Crippen LogP contribution in [0, 0.1) is 12.8 Å². The number of thiazole rings is 1. The molecule has 0 bridgehead atoms. The highest BCUT2D eigenvalue weighted by Crippen LogP contribution is 2.18. The zero-order valence-corrected chi connectivity index (χ0v) is 23.2. The van der Waals surface area contributed by atoms with E-state index in [1.807, 2.05) is 45.0 Å². The zero-order chi connectivity index (χ0) is 28.4. The molecule has 0 unspecified atom stereocenters. The Bertz CT molecular complexity index is 1310. The van der Waals surface area contributed by atoms with Gasteiger partial charge in [-0.25, -0.2) is 9.78 Å². The number of carbonyl (C=O) groups is 4. The van der Waals surface area contributed by atoms with Gasteiger partial charge in [-0.05, 0) is 48.6 Å². The number of benzene rings is 2. The van der Waals surface area contributed by atoms with Crippen molar-refractivity contribution in [1.82, 2.24) is 10.3 Å². The minimum Gasteiger partial charge on any atom is -0.469 e. The Balaban J connectivity index is 1.54. The monoisotopic (exact) mass is 551 g/mol. The number of methoxy groups -OCH3 is 1. The first-order valence-corrected chi connectivity index (χ1v) is 13.3. The second-order valence-electron chi connectivity index (χ2n) is 9.40. The van der Waals surface area contributed by atoms with Crippen LogP contribution >= 0.6 is 11.3 Å². The third kappa shape index (κ3) is 9.53. The van der Waals surface area contributed by atoms with Gasteiger partial charge in [-0.15, -0.1) is 11.3 Å². The lowest BCUT2D eigenvalue weighted by Gasteiger charge is -2.19. The molecule has 0 aliphatic rings. The van der Waals surface area contributed by atoms with Crippen LogP contribution < -0.4 is 21.3 Å². The standard InChI is InChI=1S/C28H33N5O5S/c1-17(2)13-23(26(36)33-28-30-21(16-39-28)15-25(35)38-4)31-24(34)14-19-9-11-20(12-10-19)29-27(37)32-22-8-6-5-7-18(22)3/h5-12,16-17,23H,13-15H2,1-4H3,(H,31,34)(H2,29,32,37)(H,30,33,36)/t23-/m0/s1.